The van der Waals surface area contributed by atoms with E-state index in [1.54, 1.807) is 6.92 Å². The van der Waals surface area contributed by atoms with Crippen molar-refractivity contribution in [2.45, 2.75) is 37.8 Å². The number of thioether (sulfide) groups is 1. The van der Waals surface area contributed by atoms with E-state index in [-0.39, 0.29) is 5.92 Å². The molecule has 82 valence electrons. The van der Waals surface area contributed by atoms with Crippen LogP contribution in [0, 0.1) is 12.8 Å². The molecule has 1 aromatic heterocycles. The Hall–Kier alpha value is -0.840. The molecule has 0 N–H and O–H groups in total. The molecular weight excluding hydrogens is 212 g/mol. The molecule has 0 spiro atoms. The quantitative estimate of drug-likeness (QED) is 0.737. The van der Waals surface area contributed by atoms with E-state index in [1.165, 1.54) is 11.8 Å². The molecule has 1 aliphatic carbocycles. The minimum absolute atomic E-state index is 0.279. The van der Waals surface area contributed by atoms with E-state index in [1.807, 2.05) is 0 Å². The zero-order valence-corrected chi connectivity index (χ0v) is 9.55. The summed E-state index contributed by atoms with van der Waals surface area (Å²) < 4.78 is 5.23. The number of aromatic nitrogens is 2. The van der Waals surface area contributed by atoms with Gasteiger partial charge >= 0.3 is 0 Å². The van der Waals surface area contributed by atoms with Crippen molar-refractivity contribution in [2.75, 3.05) is 5.75 Å². The second-order valence-corrected chi connectivity index (χ2v) is 4.83. The Kier molecular flexibility index (Phi) is 3.41. The Labute approximate surface area is 92.8 Å². The molecule has 15 heavy (non-hydrogen) atoms. The molecule has 1 aliphatic rings. The summed E-state index contributed by atoms with van der Waals surface area (Å²) in [4.78, 5) is 11.4. The van der Waals surface area contributed by atoms with Gasteiger partial charge in [0.2, 0.25) is 5.89 Å². The molecule has 1 atom stereocenters. The van der Waals surface area contributed by atoms with E-state index in [0.717, 1.165) is 31.4 Å². The van der Waals surface area contributed by atoms with Crippen molar-refractivity contribution in [1.82, 2.24) is 10.2 Å². The Morgan fingerprint density at radius 3 is 3.00 bits per heavy atom. The van der Waals surface area contributed by atoms with E-state index in [2.05, 4.69) is 10.2 Å². The van der Waals surface area contributed by atoms with E-state index in [4.69, 9.17) is 4.42 Å². The Bertz CT molecular complexity index is 351. The summed E-state index contributed by atoms with van der Waals surface area (Å²) in [7, 11) is 0. The van der Waals surface area contributed by atoms with E-state index < -0.39 is 0 Å². The van der Waals surface area contributed by atoms with Crippen LogP contribution in [0.1, 0.15) is 31.6 Å². The maximum absolute atomic E-state index is 11.4. The minimum Gasteiger partial charge on any atom is -0.416 e. The number of hydrogen-bond acceptors (Lipinski definition) is 5. The summed E-state index contributed by atoms with van der Waals surface area (Å²) in [6.45, 7) is 1.78. The van der Waals surface area contributed by atoms with Crippen LogP contribution in [-0.2, 0) is 4.79 Å². The highest BCUT2D eigenvalue weighted by atomic mass is 32.2. The Morgan fingerprint density at radius 1 is 1.53 bits per heavy atom. The van der Waals surface area contributed by atoms with Gasteiger partial charge in [0.1, 0.15) is 5.78 Å². The van der Waals surface area contributed by atoms with Crippen molar-refractivity contribution in [2.24, 2.45) is 5.92 Å². The molecule has 1 fully saturated rings. The van der Waals surface area contributed by atoms with Crippen molar-refractivity contribution >= 4 is 17.5 Å². The van der Waals surface area contributed by atoms with Gasteiger partial charge in [0.05, 0.1) is 0 Å². The van der Waals surface area contributed by atoms with Crippen molar-refractivity contribution in [3.63, 3.8) is 0 Å². The standard InChI is InChI=1S/C10H14N2O2S/c1-7-11-12-10(14-7)15-6-5-8-3-2-4-9(8)13/h8H,2-6H2,1H3. The van der Waals surface area contributed by atoms with Crippen LogP contribution < -0.4 is 0 Å². The molecule has 1 heterocycles. The lowest BCUT2D eigenvalue weighted by molar-refractivity contribution is -0.120. The lowest BCUT2D eigenvalue weighted by atomic mass is 10.1. The largest absolute Gasteiger partial charge is 0.416 e. The Balaban J connectivity index is 1.73. The fourth-order valence-electron chi connectivity index (χ4n) is 1.82. The third-order valence-electron chi connectivity index (χ3n) is 2.63. The number of rotatable bonds is 4. The van der Waals surface area contributed by atoms with Crippen molar-refractivity contribution in [1.29, 1.82) is 0 Å². The average molecular weight is 226 g/mol. The highest BCUT2D eigenvalue weighted by Crippen LogP contribution is 2.27. The molecule has 2 rings (SSSR count). The van der Waals surface area contributed by atoms with E-state index in [9.17, 15) is 4.79 Å². The molecule has 4 nitrogen and oxygen atoms in total. The highest BCUT2D eigenvalue weighted by molar-refractivity contribution is 7.99. The first-order chi connectivity index (χ1) is 7.25. The number of ketones is 1. The predicted molar refractivity (Wildman–Crippen MR) is 56.7 cm³/mol. The second-order valence-electron chi connectivity index (χ2n) is 3.78. The maximum Gasteiger partial charge on any atom is 0.276 e. The second kappa shape index (κ2) is 4.79. The van der Waals surface area contributed by atoms with Crippen LogP contribution >= 0.6 is 11.8 Å². The van der Waals surface area contributed by atoms with Gasteiger partial charge in [-0.1, -0.05) is 11.8 Å². The number of carbonyl (C=O) groups is 1. The summed E-state index contributed by atoms with van der Waals surface area (Å²) in [5, 5.41) is 8.25. The normalized spacial score (nSPS) is 21.1. The van der Waals surface area contributed by atoms with Gasteiger partial charge in [-0.05, 0) is 19.3 Å². The van der Waals surface area contributed by atoms with Gasteiger partial charge in [-0.15, -0.1) is 10.2 Å². The zero-order valence-electron chi connectivity index (χ0n) is 8.73. The Morgan fingerprint density at radius 2 is 2.40 bits per heavy atom. The molecule has 0 aromatic carbocycles. The van der Waals surface area contributed by atoms with Crippen LogP contribution in [0.4, 0.5) is 0 Å². The van der Waals surface area contributed by atoms with Crippen molar-refractivity contribution < 1.29 is 9.21 Å². The van der Waals surface area contributed by atoms with Gasteiger partial charge in [-0.3, -0.25) is 4.79 Å². The molecular formula is C10H14N2O2S. The number of aryl methyl sites for hydroxylation is 1. The number of carbonyl (C=O) groups excluding carboxylic acids is 1. The monoisotopic (exact) mass is 226 g/mol. The van der Waals surface area contributed by atoms with Crippen LogP contribution in [0.25, 0.3) is 0 Å². The van der Waals surface area contributed by atoms with Crippen molar-refractivity contribution in [3.8, 4) is 0 Å². The predicted octanol–water partition coefficient (Wildman–Crippen LogP) is 2.23. The lowest BCUT2D eigenvalue weighted by Crippen LogP contribution is -2.06. The van der Waals surface area contributed by atoms with Gasteiger partial charge < -0.3 is 4.42 Å². The molecule has 5 heteroatoms. The molecule has 0 aliphatic heterocycles. The van der Waals surface area contributed by atoms with Gasteiger partial charge in [-0.2, -0.15) is 0 Å². The highest BCUT2D eigenvalue weighted by Gasteiger charge is 2.23. The zero-order chi connectivity index (χ0) is 10.7. The average Bonchev–Trinajstić information content (AvgIpc) is 2.77. The van der Waals surface area contributed by atoms with Gasteiger partial charge in [0.25, 0.3) is 5.22 Å². The number of nitrogens with zero attached hydrogens (tertiary/aromatic N) is 2. The lowest BCUT2D eigenvalue weighted by Gasteiger charge is -2.04. The number of hydrogen-bond donors (Lipinski definition) is 0. The molecule has 0 radical (unpaired) electrons. The van der Waals surface area contributed by atoms with Crippen molar-refractivity contribution in [3.05, 3.63) is 5.89 Å². The SMILES string of the molecule is Cc1nnc(SCCC2CCCC2=O)o1. The summed E-state index contributed by atoms with van der Waals surface area (Å²) in [6.07, 6.45) is 3.83. The first-order valence-electron chi connectivity index (χ1n) is 5.21. The summed E-state index contributed by atoms with van der Waals surface area (Å²) in [5.74, 6) is 2.19. The number of Topliss-reactive ketones (excluding diaryl/α,β-unsaturated/α-hetero) is 1. The maximum atomic E-state index is 11.4. The molecule has 0 bridgehead atoms. The minimum atomic E-state index is 0.279. The van der Waals surface area contributed by atoms with Crippen LogP contribution in [0.5, 0.6) is 0 Å². The first kappa shape index (κ1) is 10.7. The molecule has 0 saturated heterocycles. The topological polar surface area (TPSA) is 56.0 Å². The van der Waals surface area contributed by atoms with E-state index >= 15 is 0 Å². The summed E-state index contributed by atoms with van der Waals surface area (Å²) >= 11 is 1.54. The fraction of sp³-hybridized carbons (Fsp3) is 0.700. The molecule has 1 unspecified atom stereocenters. The van der Waals surface area contributed by atoms with Gasteiger partial charge in [0.15, 0.2) is 0 Å². The van der Waals surface area contributed by atoms with Gasteiger partial charge in [0, 0.05) is 25.0 Å². The van der Waals surface area contributed by atoms with Gasteiger partial charge in [-0.25, -0.2) is 0 Å². The first-order valence-corrected chi connectivity index (χ1v) is 6.20. The van der Waals surface area contributed by atoms with Crippen LogP contribution in [-0.4, -0.2) is 21.7 Å². The fourth-order valence-corrected chi connectivity index (χ4v) is 2.67. The summed E-state index contributed by atoms with van der Waals surface area (Å²) in [6, 6.07) is 0. The van der Waals surface area contributed by atoms with Crippen LogP contribution in [0.15, 0.2) is 9.64 Å². The smallest absolute Gasteiger partial charge is 0.276 e. The third kappa shape index (κ3) is 2.81. The molecule has 1 aromatic rings. The van der Waals surface area contributed by atoms with E-state index in [0.29, 0.717) is 16.9 Å². The third-order valence-corrected chi connectivity index (χ3v) is 3.48. The van der Waals surface area contributed by atoms with Crippen LogP contribution in [0.3, 0.4) is 0 Å². The molecule has 0 amide bonds. The molecule has 1 saturated carbocycles. The summed E-state index contributed by atoms with van der Waals surface area (Å²) in [5.41, 5.74) is 0. The van der Waals surface area contributed by atoms with Crippen LogP contribution in [0.2, 0.25) is 0 Å².